The summed E-state index contributed by atoms with van der Waals surface area (Å²) in [4.78, 5) is 36.4. The molecule has 190 valence electrons. The molecule has 2 aromatic heterocycles. The van der Waals surface area contributed by atoms with Crippen molar-refractivity contribution in [3.05, 3.63) is 72.2 Å². The lowest BCUT2D eigenvalue weighted by Gasteiger charge is -2.33. The number of nitrogens with zero attached hydrogens (tertiary/aromatic N) is 5. The van der Waals surface area contributed by atoms with Gasteiger partial charge in [0, 0.05) is 79.2 Å². The van der Waals surface area contributed by atoms with Gasteiger partial charge in [0.05, 0.1) is 21.2 Å². The summed E-state index contributed by atoms with van der Waals surface area (Å²) >= 11 is 0. The third-order valence-electron chi connectivity index (χ3n) is 6.26. The Labute approximate surface area is 212 Å². The zero-order valence-electron chi connectivity index (χ0n) is 19.6. The summed E-state index contributed by atoms with van der Waals surface area (Å²) in [5.74, 6) is -1.46. The summed E-state index contributed by atoms with van der Waals surface area (Å²) in [5, 5.41) is 9.80. The SMILES string of the molecule is CS(=O)c1cn(-c2ncc(-c3ccc(F)cc3F)cn2)c2cc(C(=O)N3CCN(C(=O)O)CC3)ccc12. The van der Waals surface area contributed by atoms with Gasteiger partial charge >= 0.3 is 6.09 Å². The van der Waals surface area contributed by atoms with Crippen molar-refractivity contribution in [1.29, 1.82) is 0 Å². The highest BCUT2D eigenvalue weighted by atomic mass is 32.2. The first kappa shape index (κ1) is 24.5. The minimum Gasteiger partial charge on any atom is -0.465 e. The Morgan fingerprint density at radius 1 is 0.973 bits per heavy atom. The van der Waals surface area contributed by atoms with Crippen LogP contribution in [0.1, 0.15) is 10.4 Å². The first-order chi connectivity index (χ1) is 17.7. The zero-order valence-corrected chi connectivity index (χ0v) is 20.4. The van der Waals surface area contributed by atoms with Gasteiger partial charge in [0.1, 0.15) is 11.6 Å². The number of hydrogen-bond donors (Lipinski definition) is 1. The van der Waals surface area contributed by atoms with Gasteiger partial charge in [-0.15, -0.1) is 0 Å². The van der Waals surface area contributed by atoms with Crippen LogP contribution in [0.3, 0.4) is 0 Å². The summed E-state index contributed by atoms with van der Waals surface area (Å²) < 4.78 is 41.5. The monoisotopic (exact) mass is 525 g/mol. The Morgan fingerprint density at radius 2 is 1.65 bits per heavy atom. The largest absolute Gasteiger partial charge is 0.465 e. The van der Waals surface area contributed by atoms with Crippen LogP contribution >= 0.6 is 0 Å². The van der Waals surface area contributed by atoms with Gasteiger partial charge in [-0.1, -0.05) is 6.07 Å². The fraction of sp³-hybridized carbons (Fsp3) is 0.200. The van der Waals surface area contributed by atoms with Crippen LogP contribution in [0.15, 0.2) is 59.9 Å². The molecule has 0 radical (unpaired) electrons. The molecule has 37 heavy (non-hydrogen) atoms. The van der Waals surface area contributed by atoms with E-state index in [-0.39, 0.29) is 43.6 Å². The molecule has 1 N–H and O–H groups in total. The molecule has 1 saturated heterocycles. The van der Waals surface area contributed by atoms with Crippen LogP contribution in [0.2, 0.25) is 0 Å². The number of hydrogen-bond acceptors (Lipinski definition) is 5. The molecular formula is C25H21F2N5O4S. The lowest BCUT2D eigenvalue weighted by atomic mass is 10.1. The maximum atomic E-state index is 14.2. The molecule has 0 spiro atoms. The molecule has 0 saturated carbocycles. The van der Waals surface area contributed by atoms with Crippen molar-refractivity contribution in [3.8, 4) is 17.1 Å². The highest BCUT2D eigenvalue weighted by molar-refractivity contribution is 7.84. The third kappa shape index (κ3) is 4.67. The van der Waals surface area contributed by atoms with E-state index < -0.39 is 28.5 Å². The van der Waals surface area contributed by atoms with E-state index in [1.165, 1.54) is 23.4 Å². The van der Waals surface area contributed by atoms with Crippen LogP contribution in [-0.2, 0) is 10.8 Å². The second kappa shape index (κ2) is 9.69. The van der Waals surface area contributed by atoms with Crippen molar-refractivity contribution in [3.63, 3.8) is 0 Å². The second-order valence-corrected chi connectivity index (χ2v) is 9.86. The topological polar surface area (TPSA) is 109 Å². The van der Waals surface area contributed by atoms with E-state index in [1.807, 2.05) is 0 Å². The molecule has 9 nitrogen and oxygen atoms in total. The van der Waals surface area contributed by atoms with E-state index in [9.17, 15) is 22.6 Å². The van der Waals surface area contributed by atoms with E-state index in [0.29, 0.717) is 26.9 Å². The molecule has 0 bridgehead atoms. The van der Waals surface area contributed by atoms with E-state index in [2.05, 4.69) is 9.97 Å². The summed E-state index contributed by atoms with van der Waals surface area (Å²) in [6.07, 6.45) is 4.98. The number of carbonyl (C=O) groups excluding carboxylic acids is 1. The van der Waals surface area contributed by atoms with Crippen LogP contribution in [0.25, 0.3) is 28.0 Å². The Morgan fingerprint density at radius 3 is 2.27 bits per heavy atom. The smallest absolute Gasteiger partial charge is 0.407 e. The molecule has 1 aliphatic rings. The van der Waals surface area contributed by atoms with Gasteiger partial charge in [-0.25, -0.2) is 23.5 Å². The molecular weight excluding hydrogens is 504 g/mol. The van der Waals surface area contributed by atoms with Gasteiger partial charge in [0.2, 0.25) is 5.95 Å². The van der Waals surface area contributed by atoms with Crippen LogP contribution in [0, 0.1) is 11.6 Å². The first-order valence-corrected chi connectivity index (χ1v) is 12.8. The summed E-state index contributed by atoms with van der Waals surface area (Å²) in [7, 11) is -1.34. The van der Waals surface area contributed by atoms with Gasteiger partial charge in [-0.3, -0.25) is 13.6 Å². The molecule has 4 aromatic rings. The fourth-order valence-electron chi connectivity index (χ4n) is 4.31. The van der Waals surface area contributed by atoms with E-state index in [1.54, 1.807) is 40.1 Å². The molecule has 2 aromatic carbocycles. The van der Waals surface area contributed by atoms with Crippen molar-refractivity contribution in [2.45, 2.75) is 4.90 Å². The summed E-state index contributed by atoms with van der Waals surface area (Å²) in [5.41, 5.74) is 1.44. The Bertz CT molecular complexity index is 1550. The van der Waals surface area contributed by atoms with Crippen molar-refractivity contribution in [2.75, 3.05) is 32.4 Å². The number of benzene rings is 2. The fourth-order valence-corrected chi connectivity index (χ4v) is 5.05. The van der Waals surface area contributed by atoms with E-state index in [0.717, 1.165) is 12.1 Å². The van der Waals surface area contributed by atoms with Gasteiger partial charge < -0.3 is 14.9 Å². The average Bonchev–Trinajstić information content (AvgIpc) is 3.28. The third-order valence-corrected chi connectivity index (χ3v) is 7.20. The maximum absolute atomic E-state index is 14.2. The first-order valence-electron chi connectivity index (χ1n) is 11.3. The van der Waals surface area contributed by atoms with Crippen LogP contribution in [0.4, 0.5) is 13.6 Å². The van der Waals surface area contributed by atoms with Crippen molar-refractivity contribution < 1.29 is 27.7 Å². The van der Waals surface area contributed by atoms with Crippen LogP contribution < -0.4 is 0 Å². The quantitative estimate of drug-likeness (QED) is 0.437. The number of fused-ring (bicyclic) bond motifs is 1. The molecule has 1 unspecified atom stereocenters. The van der Waals surface area contributed by atoms with Gasteiger partial charge in [0.25, 0.3) is 5.91 Å². The molecule has 3 heterocycles. The van der Waals surface area contributed by atoms with Gasteiger partial charge in [-0.05, 0) is 24.3 Å². The minimum absolute atomic E-state index is 0.150. The molecule has 2 amide bonds. The lowest BCUT2D eigenvalue weighted by Crippen LogP contribution is -2.50. The maximum Gasteiger partial charge on any atom is 0.407 e. The highest BCUT2D eigenvalue weighted by Crippen LogP contribution is 2.29. The lowest BCUT2D eigenvalue weighted by molar-refractivity contribution is 0.0625. The standard InChI is InChI=1S/C25H21F2N5O4S/c1-37(36)22-14-32(24-28-12-16(13-29-24)18-5-3-17(26)11-20(18)27)21-10-15(2-4-19(21)22)23(33)30-6-8-31(9-7-30)25(34)35/h2-5,10-14H,6-9H2,1H3,(H,34,35). The summed E-state index contributed by atoms with van der Waals surface area (Å²) in [6, 6.07) is 8.26. The van der Waals surface area contributed by atoms with E-state index in [4.69, 9.17) is 5.11 Å². The number of carbonyl (C=O) groups is 2. The molecule has 1 fully saturated rings. The number of halogens is 2. The zero-order chi connectivity index (χ0) is 26.3. The summed E-state index contributed by atoms with van der Waals surface area (Å²) in [6.45, 7) is 1.01. The number of piperazine rings is 1. The highest BCUT2D eigenvalue weighted by Gasteiger charge is 2.25. The van der Waals surface area contributed by atoms with Crippen molar-refractivity contribution in [1.82, 2.24) is 24.3 Å². The van der Waals surface area contributed by atoms with Crippen molar-refractivity contribution >= 4 is 33.7 Å². The van der Waals surface area contributed by atoms with E-state index >= 15 is 0 Å². The minimum atomic E-state index is -1.34. The van der Waals surface area contributed by atoms with Gasteiger partial charge in [-0.2, -0.15) is 0 Å². The molecule has 1 atom stereocenters. The Kier molecular flexibility index (Phi) is 6.42. The molecule has 0 aliphatic carbocycles. The van der Waals surface area contributed by atoms with Crippen LogP contribution in [0.5, 0.6) is 0 Å². The van der Waals surface area contributed by atoms with Crippen molar-refractivity contribution in [2.24, 2.45) is 0 Å². The molecule has 5 rings (SSSR count). The van der Waals surface area contributed by atoms with Crippen LogP contribution in [-0.4, -0.2) is 78.1 Å². The van der Waals surface area contributed by atoms with Gasteiger partial charge in [0.15, 0.2) is 0 Å². The number of aromatic nitrogens is 3. The number of carboxylic acid groups (broad SMARTS) is 1. The molecule has 12 heteroatoms. The normalized spacial score (nSPS) is 14.7. The Balaban J connectivity index is 1.50. The average molecular weight is 526 g/mol. The number of rotatable bonds is 4. The predicted molar refractivity (Wildman–Crippen MR) is 132 cm³/mol. The predicted octanol–water partition coefficient (Wildman–Crippen LogP) is 3.54. The Hall–Kier alpha value is -4.19. The number of amides is 2. The molecule has 1 aliphatic heterocycles. The second-order valence-electron chi connectivity index (χ2n) is 8.51.